The normalized spacial score (nSPS) is 17.3. The Bertz CT molecular complexity index is 495. The zero-order valence-electron chi connectivity index (χ0n) is 11.2. The molecule has 3 nitrogen and oxygen atoms in total. The largest absolute Gasteiger partial charge is 0.505 e. The number of aromatic hydroxyl groups is 1. The van der Waals surface area contributed by atoms with Crippen molar-refractivity contribution in [2.45, 2.75) is 12.2 Å². The van der Waals surface area contributed by atoms with Gasteiger partial charge in [-0.05, 0) is 6.07 Å². The third-order valence-electron chi connectivity index (χ3n) is 3.22. The summed E-state index contributed by atoms with van der Waals surface area (Å²) in [6.07, 6.45) is -4.70. The molecule has 1 atom stereocenters. The van der Waals surface area contributed by atoms with Crippen LogP contribution in [0.5, 0.6) is 5.75 Å². The molecule has 0 aliphatic carbocycles. The minimum Gasteiger partial charge on any atom is -0.505 e. The van der Waals surface area contributed by atoms with Crippen molar-refractivity contribution in [3.63, 3.8) is 0 Å². The molecule has 0 bridgehead atoms. The highest BCUT2D eigenvalue weighted by molar-refractivity contribution is 5.85. The highest BCUT2D eigenvalue weighted by atomic mass is 35.5. The third kappa shape index (κ3) is 4.34. The summed E-state index contributed by atoms with van der Waals surface area (Å²) < 4.78 is 65.8. The first-order valence-electron chi connectivity index (χ1n) is 6.00. The van der Waals surface area contributed by atoms with Crippen LogP contribution in [0.4, 0.5) is 22.0 Å². The Morgan fingerprint density at radius 3 is 2.14 bits per heavy atom. The second-order valence-corrected chi connectivity index (χ2v) is 4.53. The van der Waals surface area contributed by atoms with Crippen molar-refractivity contribution in [3.8, 4) is 5.75 Å². The van der Waals surface area contributed by atoms with Crippen LogP contribution in [-0.4, -0.2) is 42.4 Å². The summed E-state index contributed by atoms with van der Waals surface area (Å²) in [5.41, 5.74) is -0.668. The van der Waals surface area contributed by atoms with Crippen LogP contribution < -0.4 is 5.32 Å². The monoisotopic (exact) mass is 368 g/mol. The van der Waals surface area contributed by atoms with Crippen LogP contribution in [0.15, 0.2) is 12.1 Å². The Labute approximate surface area is 136 Å². The molecule has 1 aromatic carbocycles. The van der Waals surface area contributed by atoms with Crippen molar-refractivity contribution >= 4 is 24.8 Å². The van der Waals surface area contributed by atoms with Gasteiger partial charge < -0.3 is 10.4 Å². The van der Waals surface area contributed by atoms with E-state index in [1.54, 1.807) is 0 Å². The van der Waals surface area contributed by atoms with E-state index in [1.165, 1.54) is 0 Å². The number of nitrogens with zero attached hydrogens (tertiary/aromatic N) is 1. The van der Waals surface area contributed by atoms with Gasteiger partial charge in [-0.3, -0.25) is 4.90 Å². The third-order valence-corrected chi connectivity index (χ3v) is 3.22. The number of halogens is 7. The average Bonchev–Trinajstić information content (AvgIpc) is 2.39. The Balaban J connectivity index is 0.00000220. The lowest BCUT2D eigenvalue weighted by atomic mass is 10.0. The van der Waals surface area contributed by atoms with Crippen molar-refractivity contribution in [3.05, 3.63) is 29.3 Å². The minimum absolute atomic E-state index is 0. The van der Waals surface area contributed by atoms with Gasteiger partial charge in [-0.1, -0.05) is 6.07 Å². The molecule has 0 unspecified atom stereocenters. The summed E-state index contributed by atoms with van der Waals surface area (Å²) >= 11 is 0. The Kier molecular flexibility index (Phi) is 7.84. The number of alkyl halides is 3. The summed E-state index contributed by atoms with van der Waals surface area (Å²) in [6, 6.07) is -0.793. The maximum Gasteiger partial charge on any atom is 0.408 e. The molecule has 0 spiro atoms. The average molecular weight is 369 g/mol. The maximum absolute atomic E-state index is 13.3. The van der Waals surface area contributed by atoms with Gasteiger partial charge in [0.05, 0.1) is 0 Å². The predicted octanol–water partition coefficient (Wildman–Crippen LogP) is 3.02. The van der Waals surface area contributed by atoms with Crippen molar-refractivity contribution < 1.29 is 27.1 Å². The zero-order valence-corrected chi connectivity index (χ0v) is 12.8. The smallest absolute Gasteiger partial charge is 0.408 e. The molecule has 2 rings (SSSR count). The van der Waals surface area contributed by atoms with Gasteiger partial charge >= 0.3 is 6.18 Å². The van der Waals surface area contributed by atoms with E-state index in [4.69, 9.17) is 0 Å². The van der Waals surface area contributed by atoms with E-state index in [-0.39, 0.29) is 37.9 Å². The molecule has 0 saturated carbocycles. The molecule has 0 amide bonds. The molecule has 1 fully saturated rings. The number of phenolic OH excluding ortho intramolecular Hbond substituents is 1. The first kappa shape index (κ1) is 21.2. The second-order valence-electron chi connectivity index (χ2n) is 4.53. The van der Waals surface area contributed by atoms with Crippen LogP contribution in [-0.2, 0) is 0 Å². The fraction of sp³-hybridized carbons (Fsp3) is 0.500. The van der Waals surface area contributed by atoms with Gasteiger partial charge in [0.2, 0.25) is 5.82 Å². The molecule has 1 heterocycles. The molecule has 128 valence electrons. The number of benzene rings is 1. The van der Waals surface area contributed by atoms with E-state index in [1.807, 2.05) is 0 Å². The molecular weight excluding hydrogens is 354 g/mol. The zero-order chi connectivity index (χ0) is 14.9. The van der Waals surface area contributed by atoms with Crippen LogP contribution in [0.3, 0.4) is 0 Å². The van der Waals surface area contributed by atoms with Gasteiger partial charge in [-0.15, -0.1) is 24.8 Å². The van der Waals surface area contributed by atoms with E-state index >= 15 is 0 Å². The van der Waals surface area contributed by atoms with Gasteiger partial charge in [0.1, 0.15) is 6.04 Å². The number of hydrogen-bond acceptors (Lipinski definition) is 3. The summed E-state index contributed by atoms with van der Waals surface area (Å²) in [7, 11) is 0. The number of nitrogens with one attached hydrogen (secondary N) is 1. The van der Waals surface area contributed by atoms with Gasteiger partial charge in [-0.2, -0.15) is 17.6 Å². The first-order valence-corrected chi connectivity index (χ1v) is 6.00. The molecule has 10 heteroatoms. The Hall–Kier alpha value is -0.830. The highest BCUT2D eigenvalue weighted by Crippen LogP contribution is 2.42. The van der Waals surface area contributed by atoms with Crippen LogP contribution in [0.1, 0.15) is 11.6 Å². The fourth-order valence-corrected chi connectivity index (χ4v) is 2.30. The van der Waals surface area contributed by atoms with Crippen molar-refractivity contribution in [1.82, 2.24) is 10.2 Å². The molecule has 2 N–H and O–H groups in total. The lowest BCUT2D eigenvalue weighted by Crippen LogP contribution is -2.49. The first-order chi connectivity index (χ1) is 9.32. The van der Waals surface area contributed by atoms with Crippen molar-refractivity contribution in [2.24, 2.45) is 0 Å². The molecular formula is C12H15Cl2F5N2O. The highest BCUT2D eigenvalue weighted by Gasteiger charge is 2.46. The summed E-state index contributed by atoms with van der Waals surface area (Å²) in [5.74, 6) is -4.33. The second kappa shape index (κ2) is 8.14. The Morgan fingerprint density at radius 2 is 1.64 bits per heavy atom. The topological polar surface area (TPSA) is 35.5 Å². The lowest BCUT2D eigenvalue weighted by Gasteiger charge is -2.36. The molecule has 0 aromatic heterocycles. The van der Waals surface area contributed by atoms with Crippen LogP contribution in [0.2, 0.25) is 0 Å². The van der Waals surface area contributed by atoms with E-state index < -0.39 is 35.2 Å². The fourth-order valence-electron chi connectivity index (χ4n) is 2.30. The molecule has 1 aliphatic heterocycles. The summed E-state index contributed by atoms with van der Waals surface area (Å²) in [5, 5.41) is 12.4. The van der Waals surface area contributed by atoms with E-state index in [2.05, 4.69) is 5.32 Å². The van der Waals surface area contributed by atoms with Crippen LogP contribution >= 0.6 is 24.8 Å². The van der Waals surface area contributed by atoms with Gasteiger partial charge in [0, 0.05) is 31.7 Å². The van der Waals surface area contributed by atoms with Gasteiger partial charge in [0.15, 0.2) is 11.6 Å². The number of hydrogen-bond donors (Lipinski definition) is 2. The Morgan fingerprint density at radius 1 is 1.09 bits per heavy atom. The SMILES string of the molecule is Cl.Cl.Oc1c([C@H](N2CCNCC2)C(F)(F)F)ccc(F)c1F. The van der Waals surface area contributed by atoms with E-state index in [9.17, 15) is 27.1 Å². The van der Waals surface area contributed by atoms with Crippen molar-refractivity contribution in [1.29, 1.82) is 0 Å². The predicted molar refractivity (Wildman–Crippen MR) is 75.8 cm³/mol. The van der Waals surface area contributed by atoms with Crippen molar-refractivity contribution in [2.75, 3.05) is 26.2 Å². The summed E-state index contributed by atoms with van der Waals surface area (Å²) in [6.45, 7) is 0.916. The number of rotatable bonds is 2. The van der Waals surface area contributed by atoms with Gasteiger partial charge in [0.25, 0.3) is 0 Å². The van der Waals surface area contributed by atoms with Crippen LogP contribution in [0.25, 0.3) is 0 Å². The minimum atomic E-state index is -4.70. The molecule has 1 aliphatic rings. The molecule has 22 heavy (non-hydrogen) atoms. The number of piperazine rings is 1. The standard InChI is InChI=1S/C12H13F5N2O.2ClH/c13-8-2-1-7(10(20)9(8)14)11(12(15,16)17)19-5-3-18-4-6-19;;/h1-2,11,18,20H,3-6H2;2*1H/t11-;;/m0../s1. The number of phenols is 1. The maximum atomic E-state index is 13.3. The van der Waals surface area contributed by atoms with E-state index in [0.717, 1.165) is 11.0 Å². The van der Waals surface area contributed by atoms with Crippen LogP contribution in [0, 0.1) is 11.6 Å². The lowest BCUT2D eigenvalue weighted by molar-refractivity contribution is -0.188. The van der Waals surface area contributed by atoms with E-state index in [0.29, 0.717) is 19.2 Å². The summed E-state index contributed by atoms with van der Waals surface area (Å²) in [4.78, 5) is 1.09. The molecule has 1 saturated heterocycles. The molecule has 0 radical (unpaired) electrons. The quantitative estimate of drug-likeness (QED) is 0.787. The molecule has 1 aromatic rings. The van der Waals surface area contributed by atoms with Gasteiger partial charge in [-0.25, -0.2) is 4.39 Å².